The largest absolute Gasteiger partial charge is 0.496 e. The molecule has 1 aromatic rings. The van der Waals surface area contributed by atoms with Gasteiger partial charge in [0.2, 0.25) is 15.9 Å². The number of hydrogen-bond acceptors (Lipinski definition) is 5. The Morgan fingerprint density at radius 3 is 2.38 bits per heavy atom. The number of carbonyl (C=O) groups is 2. The summed E-state index contributed by atoms with van der Waals surface area (Å²) in [7, 11) is -1.96. The Morgan fingerprint density at radius 1 is 1.25 bits per heavy atom. The number of ether oxygens (including phenoxy) is 1. The van der Waals surface area contributed by atoms with Crippen molar-refractivity contribution in [1.29, 1.82) is 0 Å². The molecule has 0 saturated carbocycles. The minimum atomic E-state index is -3.40. The molecule has 0 unspecified atom stereocenters. The molecule has 2 rings (SSSR count). The summed E-state index contributed by atoms with van der Waals surface area (Å²) in [6, 6.07) is 4.62. The van der Waals surface area contributed by atoms with Crippen LogP contribution in [-0.4, -0.2) is 51.5 Å². The molecule has 0 aromatic heterocycles. The molecule has 0 bridgehead atoms. The Labute approximate surface area is 142 Å². The van der Waals surface area contributed by atoms with Crippen molar-refractivity contribution < 1.29 is 22.7 Å². The lowest BCUT2D eigenvalue weighted by molar-refractivity contribution is -0.130. The number of methoxy groups -OCH3 is 1. The predicted molar refractivity (Wildman–Crippen MR) is 90.8 cm³/mol. The van der Waals surface area contributed by atoms with Gasteiger partial charge in [-0.25, -0.2) is 8.42 Å². The normalized spacial score (nSPS) is 15.9. The summed E-state index contributed by atoms with van der Waals surface area (Å²) in [5.41, 5.74) is 0.773. The maximum absolute atomic E-state index is 12.7. The molecule has 0 aliphatic carbocycles. The second-order valence-electron chi connectivity index (χ2n) is 5.93. The van der Waals surface area contributed by atoms with E-state index < -0.39 is 10.0 Å². The highest BCUT2D eigenvalue weighted by Gasteiger charge is 2.28. The minimum absolute atomic E-state index is 0.0229. The Hall–Kier alpha value is -2.09. The van der Waals surface area contributed by atoms with Crippen LogP contribution in [0, 0.1) is 5.92 Å². The molecule has 1 saturated heterocycles. The van der Waals surface area contributed by atoms with Crippen molar-refractivity contribution in [2.75, 3.05) is 31.2 Å². The van der Waals surface area contributed by atoms with Gasteiger partial charge in [-0.05, 0) is 25.0 Å². The van der Waals surface area contributed by atoms with Crippen LogP contribution in [0.2, 0.25) is 0 Å². The van der Waals surface area contributed by atoms with Crippen LogP contribution in [-0.2, 0) is 14.8 Å². The monoisotopic (exact) mass is 354 g/mol. The van der Waals surface area contributed by atoms with Crippen LogP contribution in [0.25, 0.3) is 0 Å². The minimum Gasteiger partial charge on any atom is -0.496 e. The van der Waals surface area contributed by atoms with Crippen molar-refractivity contribution >= 4 is 27.4 Å². The van der Waals surface area contributed by atoms with Crippen LogP contribution >= 0.6 is 0 Å². The summed E-state index contributed by atoms with van der Waals surface area (Å²) in [5.74, 6) is 0.154. The van der Waals surface area contributed by atoms with Gasteiger partial charge < -0.3 is 9.64 Å². The number of Topliss-reactive ketones (excluding diaryl/α,β-unsaturated/α-hetero) is 1. The van der Waals surface area contributed by atoms with Gasteiger partial charge in [-0.3, -0.25) is 14.3 Å². The third kappa shape index (κ3) is 4.47. The summed E-state index contributed by atoms with van der Waals surface area (Å²) in [6.07, 6.45) is 2.29. The zero-order chi connectivity index (χ0) is 17.9. The lowest BCUT2D eigenvalue weighted by atomic mass is 9.88. The van der Waals surface area contributed by atoms with Crippen LogP contribution in [0.3, 0.4) is 0 Å². The Kier molecular flexibility index (Phi) is 5.48. The smallest absolute Gasteiger partial charge is 0.229 e. The van der Waals surface area contributed by atoms with E-state index >= 15 is 0 Å². The molecule has 0 atom stereocenters. The molecule has 24 heavy (non-hydrogen) atoms. The number of carbonyl (C=O) groups excluding carboxylic acids is 2. The number of likely N-dealkylation sites (tertiary alicyclic amines) is 1. The molecule has 1 fully saturated rings. The number of sulfonamides is 1. The van der Waals surface area contributed by atoms with Gasteiger partial charge in [-0.2, -0.15) is 0 Å². The zero-order valence-corrected chi connectivity index (χ0v) is 14.9. The third-order valence-electron chi connectivity index (χ3n) is 4.08. The van der Waals surface area contributed by atoms with Crippen molar-refractivity contribution in [2.45, 2.75) is 19.8 Å². The van der Waals surface area contributed by atoms with Crippen LogP contribution < -0.4 is 9.46 Å². The van der Waals surface area contributed by atoms with Gasteiger partial charge >= 0.3 is 0 Å². The van der Waals surface area contributed by atoms with E-state index in [1.54, 1.807) is 17.0 Å². The summed E-state index contributed by atoms with van der Waals surface area (Å²) >= 11 is 0. The van der Waals surface area contributed by atoms with E-state index in [4.69, 9.17) is 4.74 Å². The van der Waals surface area contributed by atoms with E-state index in [0.717, 1.165) is 6.26 Å². The molecular formula is C16H22N2O5S. The predicted octanol–water partition coefficient (Wildman–Crippen LogP) is 1.51. The molecule has 1 aliphatic heterocycles. The summed E-state index contributed by atoms with van der Waals surface area (Å²) in [6.45, 7) is 2.67. The first kappa shape index (κ1) is 18.3. The summed E-state index contributed by atoms with van der Waals surface area (Å²) in [4.78, 5) is 25.8. The van der Waals surface area contributed by atoms with E-state index in [0.29, 0.717) is 42.9 Å². The van der Waals surface area contributed by atoms with Crippen molar-refractivity contribution in [3.63, 3.8) is 0 Å². The van der Waals surface area contributed by atoms with Gasteiger partial charge in [0.25, 0.3) is 0 Å². The number of nitrogens with one attached hydrogen (secondary N) is 1. The lowest BCUT2D eigenvalue weighted by Gasteiger charge is -2.30. The zero-order valence-electron chi connectivity index (χ0n) is 14.0. The maximum Gasteiger partial charge on any atom is 0.229 e. The molecule has 0 spiro atoms. The van der Waals surface area contributed by atoms with Crippen molar-refractivity contribution in [3.8, 4) is 5.75 Å². The number of rotatable bonds is 5. The third-order valence-corrected chi connectivity index (χ3v) is 4.69. The highest BCUT2D eigenvalue weighted by Crippen LogP contribution is 2.29. The molecule has 0 radical (unpaired) electrons. The average molecular weight is 354 g/mol. The molecule has 1 aliphatic rings. The molecule has 1 aromatic carbocycles. The molecule has 8 heteroatoms. The van der Waals surface area contributed by atoms with E-state index in [2.05, 4.69) is 4.72 Å². The first-order chi connectivity index (χ1) is 11.2. The summed E-state index contributed by atoms with van der Waals surface area (Å²) in [5, 5.41) is 0. The molecule has 1 N–H and O–H groups in total. The van der Waals surface area contributed by atoms with E-state index in [1.165, 1.54) is 20.1 Å². The molecular weight excluding hydrogens is 332 g/mol. The average Bonchev–Trinajstić information content (AvgIpc) is 2.52. The number of piperidine rings is 1. The Bertz CT molecular complexity index is 737. The van der Waals surface area contributed by atoms with Gasteiger partial charge in [0, 0.05) is 32.0 Å². The summed E-state index contributed by atoms with van der Waals surface area (Å²) < 4.78 is 30.2. The molecule has 132 valence electrons. The Morgan fingerprint density at radius 2 is 1.88 bits per heavy atom. The standard InChI is InChI=1S/C16H22N2O5S/c1-11(19)18-8-6-12(7-9-18)16(20)14-5-4-13(10-15(14)23-2)17-24(3,21)22/h4-5,10,12,17H,6-9H2,1-3H3. The fourth-order valence-corrected chi connectivity index (χ4v) is 3.40. The molecule has 7 nitrogen and oxygen atoms in total. The SMILES string of the molecule is COc1cc(NS(C)(=O)=O)ccc1C(=O)C1CCN(C(C)=O)CC1. The second-order valence-corrected chi connectivity index (χ2v) is 7.68. The van der Waals surface area contributed by atoms with Crippen LogP contribution in [0.4, 0.5) is 5.69 Å². The van der Waals surface area contributed by atoms with Crippen LogP contribution in [0.15, 0.2) is 18.2 Å². The van der Waals surface area contributed by atoms with Crippen molar-refractivity contribution in [2.24, 2.45) is 5.92 Å². The fourth-order valence-electron chi connectivity index (χ4n) is 2.85. The Balaban J connectivity index is 2.16. The van der Waals surface area contributed by atoms with E-state index in [1.807, 2.05) is 0 Å². The maximum atomic E-state index is 12.7. The lowest BCUT2D eigenvalue weighted by Crippen LogP contribution is -2.39. The van der Waals surface area contributed by atoms with Gasteiger partial charge in [-0.15, -0.1) is 0 Å². The fraction of sp³-hybridized carbons (Fsp3) is 0.500. The van der Waals surface area contributed by atoms with E-state index in [9.17, 15) is 18.0 Å². The number of ketones is 1. The first-order valence-electron chi connectivity index (χ1n) is 7.67. The second kappa shape index (κ2) is 7.21. The number of amides is 1. The number of anilines is 1. The number of nitrogens with zero attached hydrogens (tertiary/aromatic N) is 1. The number of benzene rings is 1. The van der Waals surface area contributed by atoms with Crippen LogP contribution in [0.5, 0.6) is 5.75 Å². The van der Waals surface area contributed by atoms with Crippen LogP contribution in [0.1, 0.15) is 30.1 Å². The number of hydrogen-bond donors (Lipinski definition) is 1. The van der Waals surface area contributed by atoms with Gasteiger partial charge in [0.05, 0.1) is 24.6 Å². The van der Waals surface area contributed by atoms with Gasteiger partial charge in [0.1, 0.15) is 5.75 Å². The molecule has 1 heterocycles. The first-order valence-corrected chi connectivity index (χ1v) is 9.56. The highest BCUT2D eigenvalue weighted by molar-refractivity contribution is 7.92. The van der Waals surface area contributed by atoms with Gasteiger partial charge in [-0.1, -0.05) is 0 Å². The van der Waals surface area contributed by atoms with Crippen molar-refractivity contribution in [1.82, 2.24) is 4.90 Å². The topological polar surface area (TPSA) is 92.8 Å². The van der Waals surface area contributed by atoms with Crippen molar-refractivity contribution in [3.05, 3.63) is 23.8 Å². The molecule has 1 amide bonds. The van der Waals surface area contributed by atoms with Gasteiger partial charge in [0.15, 0.2) is 5.78 Å². The highest BCUT2D eigenvalue weighted by atomic mass is 32.2. The quantitative estimate of drug-likeness (QED) is 0.809. The van der Waals surface area contributed by atoms with E-state index in [-0.39, 0.29) is 17.6 Å².